The second kappa shape index (κ2) is 5.09. The Bertz CT molecular complexity index is 413. The molecule has 1 aromatic rings. The molecular weight excluding hydrogens is 254 g/mol. The molecule has 1 aliphatic rings. The van der Waals surface area contributed by atoms with Gasteiger partial charge in [-0.2, -0.15) is 0 Å². The van der Waals surface area contributed by atoms with Gasteiger partial charge in [0.05, 0.1) is 17.0 Å². The van der Waals surface area contributed by atoms with Crippen molar-refractivity contribution in [3.05, 3.63) is 22.7 Å². The number of rotatable bonds is 4. The number of halogens is 1. The summed E-state index contributed by atoms with van der Waals surface area (Å²) in [6.45, 7) is 0.698. The zero-order chi connectivity index (χ0) is 12.5. The topological polar surface area (TPSA) is 35.2 Å². The monoisotopic (exact) mass is 271 g/mol. The third-order valence-electron chi connectivity index (χ3n) is 3.75. The second-order valence-corrected chi connectivity index (χ2v) is 5.79. The number of hydrogen-bond acceptors (Lipinski definition) is 3. The Balaban J connectivity index is 2.46. The fourth-order valence-electron chi connectivity index (χ4n) is 2.44. The average Bonchev–Trinajstić information content (AvgIpc) is 2.27. The smallest absolute Gasteiger partial charge is 0.150 e. The molecule has 2 nitrogen and oxygen atoms in total. The van der Waals surface area contributed by atoms with E-state index in [1.807, 2.05) is 12.3 Å². The summed E-state index contributed by atoms with van der Waals surface area (Å²) in [5, 5.41) is 0.689. The van der Waals surface area contributed by atoms with Crippen molar-refractivity contribution in [2.24, 2.45) is 5.73 Å². The third-order valence-corrected chi connectivity index (χ3v) is 4.77. The molecule has 0 atom stereocenters. The largest absolute Gasteiger partial charge is 0.494 e. The van der Waals surface area contributed by atoms with Gasteiger partial charge in [0.1, 0.15) is 0 Å². The van der Waals surface area contributed by atoms with Gasteiger partial charge in [0, 0.05) is 12.0 Å². The van der Waals surface area contributed by atoms with Crippen LogP contribution in [0, 0.1) is 0 Å². The molecule has 94 valence electrons. The summed E-state index contributed by atoms with van der Waals surface area (Å²) in [6, 6.07) is 4.20. The number of hydrogen-bond donors (Lipinski definition) is 1. The Morgan fingerprint density at radius 1 is 1.47 bits per heavy atom. The van der Waals surface area contributed by atoms with E-state index in [4.69, 9.17) is 22.1 Å². The van der Waals surface area contributed by atoms with E-state index in [0.29, 0.717) is 11.6 Å². The minimum atomic E-state index is 0.153. The lowest BCUT2D eigenvalue weighted by atomic mass is 9.64. The van der Waals surface area contributed by atoms with Crippen LogP contribution in [0.15, 0.2) is 17.0 Å². The lowest BCUT2D eigenvalue weighted by Crippen LogP contribution is -2.41. The van der Waals surface area contributed by atoms with Gasteiger partial charge < -0.3 is 10.5 Å². The van der Waals surface area contributed by atoms with E-state index in [1.54, 1.807) is 18.9 Å². The van der Waals surface area contributed by atoms with E-state index in [-0.39, 0.29) is 5.41 Å². The highest BCUT2D eigenvalue weighted by Gasteiger charge is 2.38. The van der Waals surface area contributed by atoms with E-state index < -0.39 is 0 Å². The molecule has 2 rings (SSSR count). The zero-order valence-corrected chi connectivity index (χ0v) is 11.8. The quantitative estimate of drug-likeness (QED) is 0.852. The molecule has 1 fully saturated rings. The summed E-state index contributed by atoms with van der Waals surface area (Å²) < 4.78 is 5.34. The van der Waals surface area contributed by atoms with Gasteiger partial charge >= 0.3 is 0 Å². The maximum atomic E-state index is 6.28. The maximum Gasteiger partial charge on any atom is 0.150 e. The summed E-state index contributed by atoms with van der Waals surface area (Å²) in [4.78, 5) is 1.09. The highest BCUT2D eigenvalue weighted by molar-refractivity contribution is 7.98. The number of methoxy groups -OCH3 is 1. The van der Waals surface area contributed by atoms with Crippen molar-refractivity contribution in [3.63, 3.8) is 0 Å². The molecule has 0 spiro atoms. The summed E-state index contributed by atoms with van der Waals surface area (Å²) in [7, 11) is 1.66. The van der Waals surface area contributed by atoms with Gasteiger partial charge in [0.2, 0.25) is 0 Å². The van der Waals surface area contributed by atoms with Crippen molar-refractivity contribution in [2.75, 3.05) is 19.9 Å². The van der Waals surface area contributed by atoms with E-state index in [0.717, 1.165) is 10.6 Å². The molecule has 2 N–H and O–H groups in total. The molecule has 0 bridgehead atoms. The van der Waals surface area contributed by atoms with Crippen LogP contribution in [0.5, 0.6) is 5.75 Å². The van der Waals surface area contributed by atoms with Crippen LogP contribution in [0.3, 0.4) is 0 Å². The van der Waals surface area contributed by atoms with Crippen LogP contribution >= 0.6 is 23.4 Å². The molecule has 0 radical (unpaired) electrons. The van der Waals surface area contributed by atoms with Gasteiger partial charge in [0.15, 0.2) is 5.75 Å². The molecule has 0 aromatic heterocycles. The van der Waals surface area contributed by atoms with Crippen molar-refractivity contribution in [2.45, 2.75) is 29.6 Å². The molecule has 4 heteroatoms. The normalized spacial score (nSPS) is 17.6. The van der Waals surface area contributed by atoms with Crippen LogP contribution in [0.1, 0.15) is 24.8 Å². The first kappa shape index (κ1) is 13.1. The van der Waals surface area contributed by atoms with E-state index in [9.17, 15) is 0 Å². The van der Waals surface area contributed by atoms with Crippen molar-refractivity contribution in [3.8, 4) is 5.75 Å². The number of benzene rings is 1. The van der Waals surface area contributed by atoms with Gasteiger partial charge in [-0.25, -0.2) is 0 Å². The van der Waals surface area contributed by atoms with Crippen LogP contribution in [0.25, 0.3) is 0 Å². The van der Waals surface area contributed by atoms with Crippen LogP contribution in [-0.4, -0.2) is 19.9 Å². The van der Waals surface area contributed by atoms with E-state index in [2.05, 4.69) is 6.07 Å². The van der Waals surface area contributed by atoms with Gasteiger partial charge in [-0.3, -0.25) is 0 Å². The second-order valence-electron chi connectivity index (χ2n) is 4.53. The predicted molar refractivity (Wildman–Crippen MR) is 74.4 cm³/mol. The van der Waals surface area contributed by atoms with Crippen LogP contribution in [-0.2, 0) is 5.41 Å². The summed E-state index contributed by atoms with van der Waals surface area (Å²) >= 11 is 7.94. The summed E-state index contributed by atoms with van der Waals surface area (Å²) in [5.41, 5.74) is 7.35. The van der Waals surface area contributed by atoms with Crippen molar-refractivity contribution < 1.29 is 4.74 Å². The molecular formula is C13H18ClNOS. The van der Waals surface area contributed by atoms with Crippen LogP contribution in [0.2, 0.25) is 5.02 Å². The first-order valence-electron chi connectivity index (χ1n) is 5.79. The third kappa shape index (κ3) is 2.16. The standard InChI is InChI=1S/C13H18ClNOS/c1-16-12-10(14)6-9(7-11(12)17-2)13(8-15)4-3-5-13/h6-7H,3-5,8,15H2,1-2H3. The SMILES string of the molecule is COc1c(Cl)cc(C2(CN)CCC2)cc1SC. The Hall–Kier alpha value is -0.380. The van der Waals surface area contributed by atoms with Gasteiger partial charge in [-0.15, -0.1) is 11.8 Å². The average molecular weight is 272 g/mol. The molecule has 1 aromatic carbocycles. The minimum Gasteiger partial charge on any atom is -0.494 e. The molecule has 0 amide bonds. The minimum absolute atomic E-state index is 0.153. The fourth-order valence-corrected chi connectivity index (χ4v) is 3.41. The lowest BCUT2D eigenvalue weighted by Gasteiger charge is -2.42. The van der Waals surface area contributed by atoms with Gasteiger partial charge in [-0.1, -0.05) is 18.0 Å². The van der Waals surface area contributed by atoms with Crippen LogP contribution < -0.4 is 10.5 Å². The molecule has 1 aliphatic carbocycles. The highest BCUT2D eigenvalue weighted by Crippen LogP contribution is 2.46. The zero-order valence-electron chi connectivity index (χ0n) is 10.3. The van der Waals surface area contributed by atoms with Crippen molar-refractivity contribution in [1.82, 2.24) is 0 Å². The Morgan fingerprint density at radius 2 is 2.18 bits per heavy atom. The van der Waals surface area contributed by atoms with Gasteiger partial charge in [-0.05, 0) is 36.8 Å². The summed E-state index contributed by atoms with van der Waals surface area (Å²) in [5.74, 6) is 0.773. The molecule has 17 heavy (non-hydrogen) atoms. The molecule has 1 saturated carbocycles. The highest BCUT2D eigenvalue weighted by atomic mass is 35.5. The molecule has 0 unspecified atom stereocenters. The maximum absolute atomic E-state index is 6.28. The van der Waals surface area contributed by atoms with E-state index in [1.165, 1.54) is 24.8 Å². The molecule has 0 heterocycles. The molecule has 0 aliphatic heterocycles. The van der Waals surface area contributed by atoms with E-state index >= 15 is 0 Å². The van der Waals surface area contributed by atoms with Crippen molar-refractivity contribution >= 4 is 23.4 Å². The first-order valence-corrected chi connectivity index (χ1v) is 7.39. The Labute approximate surface area is 112 Å². The number of thioether (sulfide) groups is 1. The Kier molecular flexibility index (Phi) is 3.91. The van der Waals surface area contributed by atoms with Crippen molar-refractivity contribution in [1.29, 1.82) is 0 Å². The van der Waals surface area contributed by atoms with Crippen LogP contribution in [0.4, 0.5) is 0 Å². The Morgan fingerprint density at radius 3 is 2.59 bits per heavy atom. The predicted octanol–water partition coefficient (Wildman–Crippen LogP) is 3.45. The van der Waals surface area contributed by atoms with Gasteiger partial charge in [0.25, 0.3) is 0 Å². The molecule has 0 saturated heterocycles. The number of ether oxygens (including phenoxy) is 1. The first-order chi connectivity index (χ1) is 8.16. The summed E-state index contributed by atoms with van der Waals surface area (Å²) in [6.07, 6.45) is 5.63. The fraction of sp³-hybridized carbons (Fsp3) is 0.538. The number of nitrogens with two attached hydrogens (primary N) is 1. The lowest BCUT2D eigenvalue weighted by molar-refractivity contribution is 0.252.